The van der Waals surface area contributed by atoms with Crippen molar-refractivity contribution >= 4 is 15.9 Å². The number of halogens is 1. The Kier molecular flexibility index (Phi) is 4.61. The monoisotopic (exact) mass is 401 g/mol. The fourth-order valence-corrected chi connectivity index (χ4v) is 4.67. The first-order valence-corrected chi connectivity index (χ1v) is 9.84. The number of fused-ring (bicyclic) bond motifs is 1. The average Bonchev–Trinajstić information content (AvgIpc) is 2.66. The average molecular weight is 402 g/mol. The molecule has 1 fully saturated rings. The molecule has 2 heterocycles. The van der Waals surface area contributed by atoms with Crippen LogP contribution in [0.15, 0.2) is 53.0 Å². The zero-order chi connectivity index (χ0) is 17.4. The van der Waals surface area contributed by atoms with Gasteiger partial charge in [-0.15, -0.1) is 0 Å². The minimum Gasteiger partial charge on any atom is -0.483 e. The van der Waals surface area contributed by atoms with Gasteiger partial charge in [0.1, 0.15) is 18.0 Å². The lowest BCUT2D eigenvalue weighted by Crippen LogP contribution is -2.59. The van der Waals surface area contributed by atoms with Gasteiger partial charge in [-0.05, 0) is 56.6 Å². The van der Waals surface area contributed by atoms with Crippen molar-refractivity contribution in [3.05, 3.63) is 64.1 Å². The molecule has 1 saturated heterocycles. The van der Waals surface area contributed by atoms with Gasteiger partial charge in [-0.1, -0.05) is 52.7 Å². The Hall–Kier alpha value is -1.36. The van der Waals surface area contributed by atoms with E-state index in [0.29, 0.717) is 0 Å². The summed E-state index contributed by atoms with van der Waals surface area (Å²) in [5.41, 5.74) is 1.49. The molecule has 0 saturated carbocycles. The van der Waals surface area contributed by atoms with Crippen LogP contribution < -0.4 is 4.74 Å². The van der Waals surface area contributed by atoms with E-state index in [1.165, 1.54) is 19.3 Å². The Balaban J connectivity index is 1.83. The van der Waals surface area contributed by atoms with Crippen molar-refractivity contribution in [3.63, 3.8) is 0 Å². The summed E-state index contributed by atoms with van der Waals surface area (Å²) in [6.07, 6.45) is 2.82. The van der Waals surface area contributed by atoms with Crippen LogP contribution in [0.3, 0.4) is 0 Å². The molecule has 3 atom stereocenters. The number of ether oxygens (including phenoxy) is 1. The summed E-state index contributed by atoms with van der Waals surface area (Å²) in [5, 5.41) is 11.4. The largest absolute Gasteiger partial charge is 0.483 e. The van der Waals surface area contributed by atoms with Gasteiger partial charge in [-0.2, -0.15) is 0 Å². The summed E-state index contributed by atoms with van der Waals surface area (Å²) in [6, 6.07) is 16.2. The van der Waals surface area contributed by atoms with Crippen LogP contribution in [0.5, 0.6) is 5.75 Å². The van der Waals surface area contributed by atoms with Crippen molar-refractivity contribution in [2.45, 2.75) is 43.9 Å². The van der Waals surface area contributed by atoms with Gasteiger partial charge in [0.05, 0.1) is 5.54 Å². The van der Waals surface area contributed by atoms with Gasteiger partial charge in [0.15, 0.2) is 0 Å². The van der Waals surface area contributed by atoms with E-state index in [-0.39, 0.29) is 6.10 Å². The quantitative estimate of drug-likeness (QED) is 0.779. The molecule has 0 amide bonds. The molecule has 0 unspecified atom stereocenters. The molecule has 0 bridgehead atoms. The van der Waals surface area contributed by atoms with Gasteiger partial charge in [-0.25, -0.2) is 0 Å². The van der Waals surface area contributed by atoms with Crippen molar-refractivity contribution in [1.29, 1.82) is 0 Å². The summed E-state index contributed by atoms with van der Waals surface area (Å²) in [6.45, 7) is 4.16. The SMILES string of the molecule is C[C@@]1(N2CCCCC2)[C@@H](c2ccccc2)Oc2ccc(Br)cc2[C@@H]1O. The summed E-state index contributed by atoms with van der Waals surface area (Å²) in [5.74, 6) is 0.777. The van der Waals surface area contributed by atoms with E-state index < -0.39 is 11.6 Å². The summed E-state index contributed by atoms with van der Waals surface area (Å²) < 4.78 is 7.46. The molecule has 0 aliphatic carbocycles. The van der Waals surface area contributed by atoms with Crippen LogP contribution in [0.25, 0.3) is 0 Å². The zero-order valence-electron chi connectivity index (χ0n) is 14.5. The first-order chi connectivity index (χ1) is 12.1. The van der Waals surface area contributed by atoms with Crippen molar-refractivity contribution in [1.82, 2.24) is 4.90 Å². The molecule has 2 aliphatic heterocycles. The number of hydrogen-bond acceptors (Lipinski definition) is 3. The summed E-state index contributed by atoms with van der Waals surface area (Å²) in [4.78, 5) is 2.43. The Morgan fingerprint density at radius 3 is 2.52 bits per heavy atom. The molecular formula is C21H24BrNO2. The lowest BCUT2D eigenvalue weighted by molar-refractivity contribution is -0.113. The van der Waals surface area contributed by atoms with Crippen molar-refractivity contribution in [2.24, 2.45) is 0 Å². The lowest BCUT2D eigenvalue weighted by Gasteiger charge is -2.53. The Morgan fingerprint density at radius 1 is 1.08 bits per heavy atom. The highest BCUT2D eigenvalue weighted by Gasteiger charge is 2.52. The second-order valence-corrected chi connectivity index (χ2v) is 8.18. The smallest absolute Gasteiger partial charge is 0.145 e. The zero-order valence-corrected chi connectivity index (χ0v) is 16.1. The summed E-state index contributed by atoms with van der Waals surface area (Å²) in [7, 11) is 0. The summed E-state index contributed by atoms with van der Waals surface area (Å²) >= 11 is 3.53. The third-order valence-corrected chi connectivity index (χ3v) is 6.23. The fraction of sp³-hybridized carbons (Fsp3) is 0.429. The topological polar surface area (TPSA) is 32.7 Å². The van der Waals surface area contributed by atoms with Crippen LogP contribution in [0.2, 0.25) is 0 Å². The van der Waals surface area contributed by atoms with Crippen LogP contribution >= 0.6 is 15.9 Å². The first kappa shape index (κ1) is 17.1. The number of piperidine rings is 1. The minimum absolute atomic E-state index is 0.199. The lowest BCUT2D eigenvalue weighted by atomic mass is 9.76. The van der Waals surface area contributed by atoms with Crippen molar-refractivity contribution in [2.75, 3.05) is 13.1 Å². The van der Waals surface area contributed by atoms with Gasteiger partial charge in [-0.3, -0.25) is 4.90 Å². The van der Waals surface area contributed by atoms with Crippen molar-refractivity contribution in [3.8, 4) is 5.75 Å². The normalized spacial score (nSPS) is 29.7. The Bertz CT molecular complexity index is 745. The molecule has 2 aliphatic rings. The highest BCUT2D eigenvalue weighted by molar-refractivity contribution is 9.10. The van der Waals surface area contributed by atoms with Crippen LogP contribution in [-0.4, -0.2) is 28.6 Å². The molecule has 132 valence electrons. The Labute approximate surface area is 157 Å². The minimum atomic E-state index is -0.600. The molecule has 0 spiro atoms. The second kappa shape index (κ2) is 6.75. The predicted molar refractivity (Wildman–Crippen MR) is 103 cm³/mol. The first-order valence-electron chi connectivity index (χ1n) is 9.05. The van der Waals surface area contributed by atoms with Gasteiger partial charge in [0.25, 0.3) is 0 Å². The van der Waals surface area contributed by atoms with Gasteiger partial charge in [0, 0.05) is 10.0 Å². The van der Waals surface area contributed by atoms with Gasteiger partial charge < -0.3 is 9.84 Å². The number of hydrogen-bond donors (Lipinski definition) is 1. The molecule has 0 radical (unpaired) electrons. The third-order valence-electron chi connectivity index (χ3n) is 5.74. The van der Waals surface area contributed by atoms with Crippen LogP contribution in [0, 0.1) is 0 Å². The van der Waals surface area contributed by atoms with E-state index in [2.05, 4.69) is 39.9 Å². The van der Waals surface area contributed by atoms with E-state index in [1.54, 1.807) is 0 Å². The highest BCUT2D eigenvalue weighted by atomic mass is 79.9. The molecule has 0 aromatic heterocycles. The highest BCUT2D eigenvalue weighted by Crippen LogP contribution is 2.51. The molecule has 25 heavy (non-hydrogen) atoms. The number of rotatable bonds is 2. The fourth-order valence-electron chi connectivity index (χ4n) is 4.29. The number of likely N-dealkylation sites (tertiary alicyclic amines) is 1. The number of aliphatic hydroxyl groups excluding tert-OH is 1. The standard InChI is InChI=1S/C21H24BrNO2/c1-21(23-12-6-3-7-13-23)19(24)17-14-16(22)10-11-18(17)25-20(21)15-8-4-2-5-9-15/h2,4-5,8-11,14,19-20,24H,3,6-7,12-13H2,1H3/t19-,20+,21-/m0/s1. The van der Waals surface area contributed by atoms with Crippen LogP contribution in [0.1, 0.15) is 49.5 Å². The van der Waals surface area contributed by atoms with E-state index in [4.69, 9.17) is 4.74 Å². The van der Waals surface area contributed by atoms with E-state index in [9.17, 15) is 5.11 Å². The predicted octanol–water partition coefficient (Wildman–Crippen LogP) is 4.86. The van der Waals surface area contributed by atoms with Crippen LogP contribution in [-0.2, 0) is 0 Å². The van der Waals surface area contributed by atoms with Gasteiger partial charge >= 0.3 is 0 Å². The van der Waals surface area contributed by atoms with Gasteiger partial charge in [0.2, 0.25) is 0 Å². The van der Waals surface area contributed by atoms with Crippen LogP contribution in [0.4, 0.5) is 0 Å². The molecule has 2 aromatic carbocycles. The number of nitrogens with zero attached hydrogens (tertiary/aromatic N) is 1. The maximum Gasteiger partial charge on any atom is 0.145 e. The molecule has 4 rings (SSSR count). The molecular weight excluding hydrogens is 378 g/mol. The maximum absolute atomic E-state index is 11.4. The molecule has 2 aromatic rings. The Morgan fingerprint density at radius 2 is 1.80 bits per heavy atom. The molecule has 3 nitrogen and oxygen atoms in total. The number of benzene rings is 2. The molecule has 1 N–H and O–H groups in total. The van der Waals surface area contributed by atoms with Crippen molar-refractivity contribution < 1.29 is 9.84 Å². The third kappa shape index (κ3) is 2.90. The molecule has 4 heteroatoms. The maximum atomic E-state index is 11.4. The number of aliphatic hydroxyl groups is 1. The van der Waals surface area contributed by atoms with E-state index in [0.717, 1.165) is 34.4 Å². The second-order valence-electron chi connectivity index (χ2n) is 7.27. The van der Waals surface area contributed by atoms with E-state index >= 15 is 0 Å². The van der Waals surface area contributed by atoms with E-state index in [1.807, 2.05) is 36.4 Å².